The molecule has 0 radical (unpaired) electrons. The van der Waals surface area contributed by atoms with E-state index in [9.17, 15) is 9.59 Å². The monoisotopic (exact) mass is 336 g/mol. The molecule has 0 saturated heterocycles. The largest absolute Gasteiger partial charge is 0.480 e. The van der Waals surface area contributed by atoms with Crippen LogP contribution in [-0.4, -0.2) is 27.5 Å². The number of carboxylic acid groups (broad SMARTS) is 1. The maximum atomic E-state index is 11.8. The van der Waals surface area contributed by atoms with Gasteiger partial charge in [-0.2, -0.15) is 0 Å². The van der Waals surface area contributed by atoms with Gasteiger partial charge in [0.2, 0.25) is 5.91 Å². The Kier molecular flexibility index (Phi) is 5.05. The molecule has 2 aromatic rings. The summed E-state index contributed by atoms with van der Waals surface area (Å²) in [5.74, 6) is -0.557. The van der Waals surface area contributed by atoms with Crippen molar-refractivity contribution < 1.29 is 19.1 Å². The molecule has 1 amide bonds. The van der Waals surface area contributed by atoms with Gasteiger partial charge >= 0.3 is 5.97 Å². The number of amides is 1. The number of aliphatic carboxylic acids is 1. The SMILES string of the molecule is CC(C)(NC(=O)CCc1ncc(-c2ccccc2Cl)o1)C(=O)O. The Morgan fingerprint density at radius 3 is 2.70 bits per heavy atom. The van der Waals surface area contributed by atoms with Gasteiger partial charge in [-0.1, -0.05) is 23.7 Å². The molecule has 0 atom stereocenters. The number of hydrogen-bond acceptors (Lipinski definition) is 4. The maximum Gasteiger partial charge on any atom is 0.328 e. The topological polar surface area (TPSA) is 92.4 Å². The van der Waals surface area contributed by atoms with Crippen LogP contribution >= 0.6 is 11.6 Å². The Morgan fingerprint density at radius 2 is 2.04 bits per heavy atom. The van der Waals surface area contributed by atoms with Crippen LogP contribution in [0.15, 0.2) is 34.9 Å². The molecule has 6 nitrogen and oxygen atoms in total. The Labute approximate surface area is 138 Å². The standard InChI is InChI=1S/C16H17ClN2O4/c1-16(2,15(21)22)19-13(20)7-8-14-18-9-12(23-14)10-5-3-4-6-11(10)17/h3-6,9H,7-8H2,1-2H3,(H,19,20)(H,21,22). The molecule has 0 saturated carbocycles. The van der Waals surface area contributed by atoms with E-state index in [1.807, 2.05) is 18.2 Å². The molecule has 0 spiro atoms. The second-order valence-electron chi connectivity index (χ2n) is 5.58. The van der Waals surface area contributed by atoms with Crippen LogP contribution in [0.4, 0.5) is 0 Å². The summed E-state index contributed by atoms with van der Waals surface area (Å²) in [6, 6.07) is 7.22. The highest BCUT2D eigenvalue weighted by atomic mass is 35.5. The van der Waals surface area contributed by atoms with Crippen LogP contribution in [0.2, 0.25) is 5.02 Å². The summed E-state index contributed by atoms with van der Waals surface area (Å²) < 4.78 is 5.59. The molecule has 0 bridgehead atoms. The molecule has 0 fully saturated rings. The molecule has 0 aliphatic heterocycles. The van der Waals surface area contributed by atoms with Crippen molar-refractivity contribution in [2.75, 3.05) is 0 Å². The zero-order chi connectivity index (χ0) is 17.0. The van der Waals surface area contributed by atoms with Crippen LogP contribution in [0.25, 0.3) is 11.3 Å². The van der Waals surface area contributed by atoms with Gasteiger partial charge in [0.25, 0.3) is 0 Å². The van der Waals surface area contributed by atoms with E-state index in [2.05, 4.69) is 10.3 Å². The summed E-state index contributed by atoms with van der Waals surface area (Å²) >= 11 is 6.09. The molecular weight excluding hydrogens is 320 g/mol. The summed E-state index contributed by atoms with van der Waals surface area (Å²) in [6.45, 7) is 2.85. The van der Waals surface area contributed by atoms with Crippen molar-refractivity contribution >= 4 is 23.5 Å². The molecule has 1 aromatic carbocycles. The quantitative estimate of drug-likeness (QED) is 0.846. The van der Waals surface area contributed by atoms with E-state index in [4.69, 9.17) is 21.1 Å². The van der Waals surface area contributed by atoms with Crippen molar-refractivity contribution in [2.45, 2.75) is 32.2 Å². The average molecular weight is 337 g/mol. The fourth-order valence-electron chi connectivity index (χ4n) is 1.90. The number of hydrogen-bond donors (Lipinski definition) is 2. The summed E-state index contributed by atoms with van der Waals surface area (Å²) in [5.41, 5.74) is -0.583. The lowest BCUT2D eigenvalue weighted by Gasteiger charge is -2.20. The second kappa shape index (κ2) is 6.83. The Morgan fingerprint density at radius 1 is 1.35 bits per heavy atom. The van der Waals surface area contributed by atoms with Gasteiger partial charge in [-0.05, 0) is 26.0 Å². The van der Waals surface area contributed by atoms with Crippen LogP contribution in [0.3, 0.4) is 0 Å². The lowest BCUT2D eigenvalue weighted by atomic mass is 10.1. The summed E-state index contributed by atoms with van der Waals surface area (Å²) in [6.07, 6.45) is 1.90. The van der Waals surface area contributed by atoms with Gasteiger partial charge in [0.15, 0.2) is 11.7 Å². The first-order chi connectivity index (χ1) is 10.8. The van der Waals surface area contributed by atoms with Gasteiger partial charge in [-0.25, -0.2) is 9.78 Å². The minimum absolute atomic E-state index is 0.0825. The van der Waals surface area contributed by atoms with Gasteiger partial charge in [-0.3, -0.25) is 4.79 Å². The average Bonchev–Trinajstić information content (AvgIpc) is 2.93. The van der Waals surface area contributed by atoms with Crippen LogP contribution in [0, 0.1) is 0 Å². The molecule has 0 aliphatic rings. The van der Waals surface area contributed by atoms with Crippen molar-refractivity contribution in [1.29, 1.82) is 0 Å². The molecule has 0 unspecified atom stereocenters. The maximum absolute atomic E-state index is 11.8. The zero-order valence-corrected chi connectivity index (χ0v) is 13.6. The minimum Gasteiger partial charge on any atom is -0.480 e. The predicted molar refractivity (Wildman–Crippen MR) is 85.1 cm³/mol. The van der Waals surface area contributed by atoms with Gasteiger partial charge < -0.3 is 14.8 Å². The number of halogens is 1. The number of aryl methyl sites for hydroxylation is 1. The number of aromatic nitrogens is 1. The van der Waals surface area contributed by atoms with E-state index in [1.54, 1.807) is 12.3 Å². The van der Waals surface area contributed by atoms with Crippen LogP contribution in [0.5, 0.6) is 0 Å². The van der Waals surface area contributed by atoms with Crippen molar-refractivity contribution in [3.8, 4) is 11.3 Å². The van der Waals surface area contributed by atoms with Crippen LogP contribution in [-0.2, 0) is 16.0 Å². The normalized spacial score (nSPS) is 11.3. The fraction of sp³-hybridized carbons (Fsp3) is 0.312. The van der Waals surface area contributed by atoms with E-state index < -0.39 is 11.5 Å². The molecule has 2 N–H and O–H groups in total. The van der Waals surface area contributed by atoms with Gasteiger partial charge in [0.1, 0.15) is 5.54 Å². The van der Waals surface area contributed by atoms with E-state index >= 15 is 0 Å². The molecule has 23 heavy (non-hydrogen) atoms. The number of carbonyl (C=O) groups excluding carboxylic acids is 1. The number of carboxylic acids is 1. The van der Waals surface area contributed by atoms with Crippen molar-refractivity contribution in [2.24, 2.45) is 0 Å². The molecule has 1 aromatic heterocycles. The number of nitrogens with zero attached hydrogens (tertiary/aromatic N) is 1. The third-order valence-corrected chi connectivity index (χ3v) is 3.57. The Balaban J connectivity index is 1.97. The first-order valence-electron chi connectivity index (χ1n) is 7.03. The number of oxazole rings is 1. The second-order valence-corrected chi connectivity index (χ2v) is 5.98. The van der Waals surface area contributed by atoms with Crippen LogP contribution < -0.4 is 5.32 Å². The molecule has 2 rings (SSSR count). The number of nitrogens with one attached hydrogen (secondary N) is 1. The van der Waals surface area contributed by atoms with E-state index in [0.29, 0.717) is 16.7 Å². The van der Waals surface area contributed by atoms with Gasteiger partial charge in [0, 0.05) is 18.4 Å². The summed E-state index contributed by atoms with van der Waals surface area (Å²) in [7, 11) is 0. The number of carbonyl (C=O) groups is 2. The number of rotatable bonds is 6. The van der Waals surface area contributed by atoms with Crippen molar-refractivity contribution in [3.63, 3.8) is 0 Å². The van der Waals surface area contributed by atoms with Crippen molar-refractivity contribution in [1.82, 2.24) is 10.3 Å². The van der Waals surface area contributed by atoms with Crippen LogP contribution in [0.1, 0.15) is 26.2 Å². The lowest BCUT2D eigenvalue weighted by Crippen LogP contribution is -2.49. The van der Waals surface area contributed by atoms with Crippen molar-refractivity contribution in [3.05, 3.63) is 41.4 Å². The molecule has 1 heterocycles. The third kappa shape index (κ3) is 4.32. The number of benzene rings is 1. The highest BCUT2D eigenvalue weighted by Crippen LogP contribution is 2.28. The molecule has 0 aliphatic carbocycles. The minimum atomic E-state index is -1.31. The van der Waals surface area contributed by atoms with E-state index in [0.717, 1.165) is 5.56 Å². The molecule has 7 heteroatoms. The summed E-state index contributed by atoms with van der Waals surface area (Å²) in [4.78, 5) is 26.9. The summed E-state index contributed by atoms with van der Waals surface area (Å²) in [5, 5.41) is 12.0. The highest BCUT2D eigenvalue weighted by Gasteiger charge is 2.28. The molecular formula is C16H17ClN2O4. The van der Waals surface area contributed by atoms with E-state index in [-0.39, 0.29) is 18.7 Å². The lowest BCUT2D eigenvalue weighted by molar-refractivity contribution is -0.146. The Hall–Kier alpha value is -2.34. The van der Waals surface area contributed by atoms with Gasteiger partial charge in [-0.15, -0.1) is 0 Å². The third-order valence-electron chi connectivity index (χ3n) is 3.25. The van der Waals surface area contributed by atoms with E-state index in [1.165, 1.54) is 13.8 Å². The first-order valence-corrected chi connectivity index (χ1v) is 7.41. The molecule has 122 valence electrons. The highest BCUT2D eigenvalue weighted by molar-refractivity contribution is 6.33. The fourth-order valence-corrected chi connectivity index (χ4v) is 2.13. The predicted octanol–water partition coefficient (Wildman–Crippen LogP) is 2.91. The Bertz CT molecular complexity index is 724. The zero-order valence-electron chi connectivity index (χ0n) is 12.8. The first kappa shape index (κ1) is 17.0. The van der Waals surface area contributed by atoms with Gasteiger partial charge in [0.05, 0.1) is 11.2 Å². The smallest absolute Gasteiger partial charge is 0.328 e.